The molecular weight excluding hydrogens is 918 g/mol. The Labute approximate surface area is 443 Å². The van der Waals surface area contributed by atoms with Crippen LogP contribution in [0.4, 0.5) is 0 Å². The first kappa shape index (κ1) is 69.2. The fourth-order valence-corrected chi connectivity index (χ4v) is 8.62. The van der Waals surface area contributed by atoms with Crippen LogP contribution in [0.2, 0.25) is 0 Å². The molecule has 416 valence electrons. The third-order valence-corrected chi connectivity index (χ3v) is 13.4. The molecule has 2 atom stereocenters. The van der Waals surface area contributed by atoms with Crippen LogP contribution in [0.1, 0.15) is 245 Å². The predicted molar refractivity (Wildman–Crippen MR) is 305 cm³/mol. The van der Waals surface area contributed by atoms with E-state index in [0.717, 1.165) is 83.5 Å². The normalized spacial score (nSPS) is 13.9. The highest BCUT2D eigenvalue weighted by atomic mass is 31.2. The number of likely N-dealkylation sites (N-methyl/N-ethyl adjacent to an activating group) is 1. The molecule has 2 unspecified atom stereocenters. The molecule has 10 heteroatoms. The van der Waals surface area contributed by atoms with Crippen molar-refractivity contribution in [3.8, 4) is 0 Å². The van der Waals surface area contributed by atoms with E-state index >= 15 is 0 Å². The van der Waals surface area contributed by atoms with Gasteiger partial charge in [0.25, 0.3) is 7.82 Å². The summed E-state index contributed by atoms with van der Waals surface area (Å²) in [7, 11) is 1.16. The number of rotatable bonds is 53. The predicted octanol–water partition coefficient (Wildman–Crippen LogP) is 17.6. The maximum absolute atomic E-state index is 12.8. The second-order valence-corrected chi connectivity index (χ2v) is 22.0. The number of unbranched alkanes of at least 4 members (excludes halogenated alkanes) is 25. The summed E-state index contributed by atoms with van der Waals surface area (Å²) in [5.74, 6) is -0.839. The minimum absolute atomic E-state index is 0.0350. The maximum Gasteiger partial charge on any atom is 0.306 e. The summed E-state index contributed by atoms with van der Waals surface area (Å²) in [6.45, 7) is 4.12. The van der Waals surface area contributed by atoms with E-state index in [1.54, 1.807) is 0 Å². The average Bonchev–Trinajstić information content (AvgIpc) is 3.34. The van der Waals surface area contributed by atoms with Crippen molar-refractivity contribution < 1.29 is 42.1 Å². The van der Waals surface area contributed by atoms with Crippen LogP contribution in [-0.4, -0.2) is 70.0 Å². The summed E-state index contributed by atoms with van der Waals surface area (Å²) in [6.07, 6.45) is 70.5. The number of phosphoric ester groups is 1. The number of carbonyl (C=O) groups is 2. The van der Waals surface area contributed by atoms with Crippen molar-refractivity contribution in [3.05, 3.63) is 85.1 Å². The molecule has 0 fully saturated rings. The third kappa shape index (κ3) is 56.5. The van der Waals surface area contributed by atoms with E-state index in [1.807, 2.05) is 21.1 Å². The number of nitrogens with zero attached hydrogens (tertiary/aromatic N) is 1. The molecule has 0 amide bonds. The van der Waals surface area contributed by atoms with Crippen molar-refractivity contribution in [3.63, 3.8) is 0 Å². The molecule has 0 aromatic rings. The summed E-state index contributed by atoms with van der Waals surface area (Å²) < 4.78 is 34.2. The van der Waals surface area contributed by atoms with Gasteiger partial charge in [-0.15, -0.1) is 0 Å². The van der Waals surface area contributed by atoms with Gasteiger partial charge in [-0.2, -0.15) is 0 Å². The topological polar surface area (TPSA) is 111 Å². The molecule has 0 aliphatic rings. The van der Waals surface area contributed by atoms with Gasteiger partial charge in [0.2, 0.25) is 0 Å². The number of quaternary nitrogens is 1. The summed E-state index contributed by atoms with van der Waals surface area (Å²) in [5, 5.41) is 0. The third-order valence-electron chi connectivity index (χ3n) is 12.4. The number of hydrogen-bond donors (Lipinski definition) is 0. The van der Waals surface area contributed by atoms with Crippen LogP contribution in [0.15, 0.2) is 85.1 Å². The lowest BCUT2D eigenvalue weighted by atomic mass is 10.0. The number of carbonyl (C=O) groups excluding carboxylic acids is 2. The van der Waals surface area contributed by atoms with Gasteiger partial charge in [0.05, 0.1) is 27.7 Å². The van der Waals surface area contributed by atoms with Crippen LogP contribution in [0.3, 0.4) is 0 Å². The van der Waals surface area contributed by atoms with Crippen LogP contribution in [0, 0.1) is 0 Å². The standard InChI is InChI=1S/C62H110NO8P/c1-6-8-10-12-14-16-18-20-22-24-26-27-28-29-30-31-32-33-34-35-37-39-41-43-45-47-49-51-53-55-62(65)71-60(59-70-72(66,67)69-57-56-63(3,4)5)58-68-61(64)54-52-50-48-46-44-42-40-38-36-25-23-21-19-17-15-13-11-9-7-2/h8,10,14,16,20-23,26-27,29-30,32-33,60H,6-7,9,11-13,15,17-19,24-25,28,31,34-59H2,1-5H3/b10-8-,16-14-,22-20-,23-21-,27-26-,30-29-,33-32-. The monoisotopic (exact) mass is 1030 g/mol. The van der Waals surface area contributed by atoms with E-state index in [9.17, 15) is 19.0 Å². The highest BCUT2D eigenvalue weighted by Crippen LogP contribution is 2.38. The number of phosphoric acid groups is 1. The number of hydrogen-bond acceptors (Lipinski definition) is 8. The van der Waals surface area contributed by atoms with E-state index in [0.29, 0.717) is 17.4 Å². The fourth-order valence-electron chi connectivity index (χ4n) is 7.89. The van der Waals surface area contributed by atoms with Crippen LogP contribution in [0.25, 0.3) is 0 Å². The zero-order valence-electron chi connectivity index (χ0n) is 47.1. The minimum Gasteiger partial charge on any atom is -0.756 e. The molecule has 72 heavy (non-hydrogen) atoms. The van der Waals surface area contributed by atoms with Crippen molar-refractivity contribution in [2.45, 2.75) is 251 Å². The minimum atomic E-state index is -4.64. The van der Waals surface area contributed by atoms with Gasteiger partial charge in [-0.3, -0.25) is 14.2 Å². The molecule has 0 aromatic carbocycles. The van der Waals surface area contributed by atoms with E-state index < -0.39 is 26.5 Å². The van der Waals surface area contributed by atoms with E-state index in [4.69, 9.17) is 18.5 Å². The van der Waals surface area contributed by atoms with Crippen molar-refractivity contribution >= 4 is 19.8 Å². The highest BCUT2D eigenvalue weighted by Gasteiger charge is 2.22. The Hall–Kier alpha value is -2.81. The Morgan fingerprint density at radius 2 is 0.792 bits per heavy atom. The van der Waals surface area contributed by atoms with Gasteiger partial charge in [-0.1, -0.05) is 227 Å². The Balaban J connectivity index is 4.18. The van der Waals surface area contributed by atoms with E-state index in [2.05, 4.69) is 98.9 Å². The van der Waals surface area contributed by atoms with Gasteiger partial charge in [0.1, 0.15) is 19.8 Å². The van der Waals surface area contributed by atoms with Gasteiger partial charge >= 0.3 is 11.9 Å². The molecule has 0 aliphatic heterocycles. The Morgan fingerprint density at radius 3 is 1.19 bits per heavy atom. The lowest BCUT2D eigenvalue weighted by molar-refractivity contribution is -0.870. The van der Waals surface area contributed by atoms with Crippen molar-refractivity contribution in [1.82, 2.24) is 0 Å². The Kier molecular flexibility index (Phi) is 51.0. The van der Waals surface area contributed by atoms with Gasteiger partial charge in [0, 0.05) is 12.8 Å². The molecular formula is C62H110NO8P. The zero-order chi connectivity index (χ0) is 52.7. The number of esters is 2. The first-order chi connectivity index (χ1) is 35.0. The largest absolute Gasteiger partial charge is 0.756 e. The molecule has 0 aliphatic carbocycles. The first-order valence-corrected chi connectivity index (χ1v) is 30.8. The van der Waals surface area contributed by atoms with Gasteiger partial charge in [-0.05, 0) is 89.9 Å². The molecule has 9 nitrogen and oxygen atoms in total. The molecule has 0 spiro atoms. The lowest BCUT2D eigenvalue weighted by Crippen LogP contribution is -2.37. The second kappa shape index (κ2) is 53.0. The summed E-state index contributed by atoms with van der Waals surface area (Å²) in [4.78, 5) is 37.9. The Morgan fingerprint density at radius 1 is 0.444 bits per heavy atom. The van der Waals surface area contributed by atoms with Gasteiger partial charge in [-0.25, -0.2) is 0 Å². The molecule has 0 N–H and O–H groups in total. The highest BCUT2D eigenvalue weighted by molar-refractivity contribution is 7.45. The summed E-state index contributed by atoms with van der Waals surface area (Å²) in [6, 6.07) is 0. The first-order valence-electron chi connectivity index (χ1n) is 29.3. The van der Waals surface area contributed by atoms with Crippen molar-refractivity contribution in [2.24, 2.45) is 0 Å². The van der Waals surface area contributed by atoms with E-state index in [1.165, 1.54) is 128 Å². The molecule has 0 heterocycles. The zero-order valence-corrected chi connectivity index (χ0v) is 48.0. The number of allylic oxidation sites excluding steroid dienone is 14. The molecule has 0 bridgehead atoms. The Bertz CT molecular complexity index is 1490. The number of ether oxygens (including phenoxy) is 2. The second-order valence-electron chi connectivity index (χ2n) is 20.6. The SMILES string of the molecule is CC/C=C\C/C=C\C/C=C\C/C=C\C/C=C\C/C=C\CCCCCCCCCCCCC(=O)OC(COC(=O)CCCCCCCCCCC/C=C\CCCCCCCC)COP(=O)([O-])OCC[N+](C)(C)C. The van der Waals surface area contributed by atoms with Crippen molar-refractivity contribution in [1.29, 1.82) is 0 Å². The van der Waals surface area contributed by atoms with Crippen LogP contribution in [0.5, 0.6) is 0 Å². The van der Waals surface area contributed by atoms with Gasteiger partial charge < -0.3 is 27.9 Å². The average molecular weight is 1030 g/mol. The van der Waals surface area contributed by atoms with Crippen LogP contribution < -0.4 is 4.89 Å². The van der Waals surface area contributed by atoms with Gasteiger partial charge in [0.15, 0.2) is 6.10 Å². The molecule has 0 saturated carbocycles. The molecule has 0 saturated heterocycles. The quantitative estimate of drug-likeness (QED) is 0.0195. The smallest absolute Gasteiger partial charge is 0.306 e. The summed E-state index contributed by atoms with van der Waals surface area (Å²) in [5.41, 5.74) is 0. The maximum atomic E-state index is 12.8. The van der Waals surface area contributed by atoms with Crippen LogP contribution in [-0.2, 0) is 32.7 Å². The lowest BCUT2D eigenvalue weighted by Gasteiger charge is -2.28. The molecule has 0 radical (unpaired) electrons. The van der Waals surface area contributed by atoms with E-state index in [-0.39, 0.29) is 32.0 Å². The van der Waals surface area contributed by atoms with Crippen LogP contribution >= 0.6 is 7.82 Å². The molecule has 0 rings (SSSR count). The molecule has 0 aromatic heterocycles. The van der Waals surface area contributed by atoms with Crippen molar-refractivity contribution in [2.75, 3.05) is 47.5 Å². The fraction of sp³-hybridized carbons (Fsp3) is 0.742. The summed E-state index contributed by atoms with van der Waals surface area (Å²) >= 11 is 0.